The molecule has 0 aliphatic carbocycles. The van der Waals surface area contributed by atoms with Gasteiger partial charge in [0.2, 0.25) is 0 Å². The van der Waals surface area contributed by atoms with Gasteiger partial charge in [-0.25, -0.2) is 0 Å². The van der Waals surface area contributed by atoms with Crippen LogP contribution >= 0.6 is 0 Å². The van der Waals surface area contributed by atoms with E-state index in [4.69, 9.17) is 16.4 Å². The van der Waals surface area contributed by atoms with Crippen molar-refractivity contribution in [1.29, 1.82) is 10.5 Å². The quantitative estimate of drug-likeness (QED) is 0.179. The molecule has 0 radical (unpaired) electrons. The van der Waals surface area contributed by atoms with Crippen LogP contribution < -0.4 is 16.6 Å². The van der Waals surface area contributed by atoms with Gasteiger partial charge in [0.25, 0.3) is 0 Å². The maximum absolute atomic E-state index is 11.1. The van der Waals surface area contributed by atoms with Gasteiger partial charge in [-0.15, -0.1) is 0 Å². The van der Waals surface area contributed by atoms with Crippen LogP contribution in [0.3, 0.4) is 0 Å². The Kier molecular flexibility index (Phi) is 3.27. The van der Waals surface area contributed by atoms with Crippen LogP contribution in [0, 0.1) is 22.5 Å². The molecule has 4 N–H and O–H groups in total. The van der Waals surface area contributed by atoms with Gasteiger partial charge < -0.3 is 0 Å². The average molecular weight is 187 g/mol. The number of amides is 1. The maximum atomic E-state index is 11.1. The van der Waals surface area contributed by atoms with Crippen molar-refractivity contribution in [3.05, 3.63) is 0 Å². The van der Waals surface area contributed by atoms with Crippen LogP contribution in [0.5, 0.6) is 0 Å². The third-order valence-corrected chi connectivity index (χ3v) is 2.02. The second kappa shape index (κ2) is 4.45. The summed E-state index contributed by atoms with van der Waals surface area (Å²) >= 11 is 0. The van der Waals surface area contributed by atoms with Gasteiger partial charge >= 0.3 is 81.2 Å². The minimum atomic E-state index is -0.524. The topological polar surface area (TPSA) is 115 Å². The fraction of sp³-hybridized carbons (Fsp3) is 0.333. The zero-order valence-corrected chi connectivity index (χ0v) is 7.32. The number of nitriles is 2. The molecule has 0 aromatic rings. The fourth-order valence-corrected chi connectivity index (χ4v) is 1.33. The van der Waals surface area contributed by atoms with E-state index in [0.29, 0.717) is 11.8 Å². The van der Waals surface area contributed by atoms with E-state index in [1.807, 2.05) is 17.4 Å². The van der Waals surface area contributed by atoms with Crippen LogP contribution in [0.25, 0.3) is 0 Å². The van der Waals surface area contributed by atoms with Gasteiger partial charge in [0, 0.05) is 0 Å². The molecule has 0 bridgehead atoms. The first-order valence-corrected chi connectivity index (χ1v) is 3.99. The molecule has 1 aliphatic heterocycles. The second-order valence-corrected chi connectivity index (χ2v) is 2.85. The predicted octanol–water partition coefficient (Wildman–Crippen LogP) is -2.64. The Morgan fingerprint density at radius 3 is 3.00 bits per heavy atom. The van der Waals surface area contributed by atoms with E-state index in [1.165, 1.54) is 6.92 Å². The third-order valence-electron chi connectivity index (χ3n) is 2.02. The molecule has 1 amide bonds. The molecule has 0 aromatic carbocycles. The Hall–Kier alpha value is -1.79. The summed E-state index contributed by atoms with van der Waals surface area (Å²) < 4.78 is 0. The first-order chi connectivity index (χ1) is 6.72. The van der Waals surface area contributed by atoms with Crippen molar-refractivity contribution in [2.45, 2.75) is 12.4 Å². The molecule has 8 heteroatoms. The van der Waals surface area contributed by atoms with Gasteiger partial charge in [0.05, 0.1) is 0 Å². The zero-order chi connectivity index (χ0) is 10.6. The summed E-state index contributed by atoms with van der Waals surface area (Å²) in [6.07, 6.45) is 0.340. The predicted molar refractivity (Wildman–Crippen MR) is 51.8 cm³/mol. The molecule has 0 spiro atoms. The number of nitrogens with one attached hydrogen (secondary N) is 2. The summed E-state index contributed by atoms with van der Waals surface area (Å²) in [6.45, 7) is 0.800. The van der Waals surface area contributed by atoms with E-state index >= 15 is 0 Å². The number of hydrogen-bond donors (Lipinski definition) is 3. The standard InChI is InChI=1S/C6H7B2N5O/c9-2-7-6-8(3-10)1-4(12-6)5(14)13-11/h4,12H,1,11H2,(H,13,14). The fourth-order valence-electron chi connectivity index (χ4n) is 1.33. The van der Waals surface area contributed by atoms with Crippen LogP contribution in [-0.4, -0.2) is 31.1 Å². The molecule has 1 heterocycles. The monoisotopic (exact) mass is 187 g/mol. The molecule has 0 saturated carbocycles. The Morgan fingerprint density at radius 1 is 1.79 bits per heavy atom. The molecular formula is C6H7B2N5O. The van der Waals surface area contributed by atoms with E-state index in [2.05, 4.69) is 5.32 Å². The van der Waals surface area contributed by atoms with E-state index in [1.54, 1.807) is 0 Å². The van der Waals surface area contributed by atoms with Crippen molar-refractivity contribution >= 4 is 25.0 Å². The SMILES string of the molecule is N#CB=C1NC(C(=O)NN)CB1C#N. The molecule has 68 valence electrons. The zero-order valence-electron chi connectivity index (χ0n) is 7.32. The van der Waals surface area contributed by atoms with Crippen LogP contribution in [0.2, 0.25) is 6.32 Å². The van der Waals surface area contributed by atoms with Gasteiger partial charge in [-0.05, 0) is 0 Å². The number of carbonyl (C=O) groups excluding carboxylic acids is 1. The molecule has 14 heavy (non-hydrogen) atoms. The number of hydrogen-bond acceptors (Lipinski definition) is 5. The van der Waals surface area contributed by atoms with Crippen molar-refractivity contribution < 1.29 is 4.79 Å². The summed E-state index contributed by atoms with van der Waals surface area (Å²) in [6, 6.07) is -0.524. The van der Waals surface area contributed by atoms with Crippen LogP contribution in [0.4, 0.5) is 0 Å². The minimum absolute atomic E-state index is 0.340. The van der Waals surface area contributed by atoms with E-state index in [0.717, 1.165) is 0 Å². The molecule has 1 aliphatic rings. The summed E-state index contributed by atoms with van der Waals surface area (Å²) in [5, 5.41) is 19.9. The summed E-state index contributed by atoms with van der Waals surface area (Å²) in [7, 11) is 0. The molecule has 1 fully saturated rings. The molecule has 0 aromatic heterocycles. The Balaban J connectivity index is 2.78. The van der Waals surface area contributed by atoms with Gasteiger partial charge in [0.1, 0.15) is 0 Å². The van der Waals surface area contributed by atoms with Crippen LogP contribution in [-0.2, 0) is 4.79 Å². The van der Waals surface area contributed by atoms with Crippen LogP contribution in [0.15, 0.2) is 0 Å². The Labute approximate surface area is 82.0 Å². The summed E-state index contributed by atoms with van der Waals surface area (Å²) in [4.78, 5) is 11.1. The van der Waals surface area contributed by atoms with Gasteiger partial charge in [-0.2, -0.15) is 0 Å². The molecule has 1 rings (SSSR count). The molecular weight excluding hydrogens is 180 g/mol. The first kappa shape index (κ1) is 10.3. The number of nitrogens with zero attached hydrogens (tertiary/aromatic N) is 2. The van der Waals surface area contributed by atoms with Crippen molar-refractivity contribution in [3.63, 3.8) is 0 Å². The van der Waals surface area contributed by atoms with E-state index in [-0.39, 0.29) is 5.91 Å². The average Bonchev–Trinajstić information content (AvgIpc) is 2.60. The number of hydrazine groups is 1. The molecule has 6 nitrogen and oxygen atoms in total. The van der Waals surface area contributed by atoms with Crippen molar-refractivity contribution in [2.75, 3.05) is 0 Å². The molecule has 1 atom stereocenters. The Morgan fingerprint density at radius 2 is 2.50 bits per heavy atom. The van der Waals surface area contributed by atoms with E-state index < -0.39 is 12.8 Å². The van der Waals surface area contributed by atoms with Gasteiger partial charge in [-0.3, -0.25) is 0 Å². The molecule has 1 saturated heterocycles. The third kappa shape index (κ3) is 1.93. The number of carbonyl (C=O) groups is 1. The first-order valence-electron chi connectivity index (χ1n) is 3.99. The van der Waals surface area contributed by atoms with E-state index in [9.17, 15) is 4.79 Å². The number of rotatable bonds is 1. The van der Waals surface area contributed by atoms with Gasteiger partial charge in [-0.1, -0.05) is 0 Å². The second-order valence-electron chi connectivity index (χ2n) is 2.85. The Bertz CT molecular complexity index is 354. The summed E-state index contributed by atoms with van der Waals surface area (Å²) in [5.74, 6) is 8.39. The van der Waals surface area contributed by atoms with Crippen molar-refractivity contribution in [1.82, 2.24) is 10.7 Å². The van der Waals surface area contributed by atoms with Crippen LogP contribution in [0.1, 0.15) is 0 Å². The van der Waals surface area contributed by atoms with Gasteiger partial charge in [0.15, 0.2) is 0 Å². The molecule has 1 unspecified atom stereocenters. The van der Waals surface area contributed by atoms with Crippen molar-refractivity contribution in [2.24, 2.45) is 5.84 Å². The summed E-state index contributed by atoms with van der Waals surface area (Å²) in [5.41, 5.74) is 2.47. The number of nitrogens with two attached hydrogens (primary N) is 1. The van der Waals surface area contributed by atoms with Crippen molar-refractivity contribution in [3.8, 4) is 11.9 Å². The normalized spacial score (nSPS) is 21.8.